The minimum Gasteiger partial charge on any atom is -0.369 e. The van der Waals surface area contributed by atoms with Crippen LogP contribution in [0.1, 0.15) is 31.2 Å². The lowest BCUT2D eigenvalue weighted by molar-refractivity contribution is -0.123. The van der Waals surface area contributed by atoms with Crippen LogP contribution >= 0.6 is 15.9 Å². The molecular formula is C13H21BrN4O. The number of aromatic nitrogens is 2. The molecule has 0 radical (unpaired) electrons. The van der Waals surface area contributed by atoms with Crippen LogP contribution in [0.3, 0.4) is 0 Å². The van der Waals surface area contributed by atoms with Crippen molar-refractivity contribution in [3.8, 4) is 0 Å². The monoisotopic (exact) mass is 328 g/mol. The lowest BCUT2D eigenvalue weighted by Crippen LogP contribution is -2.41. The second-order valence-corrected chi connectivity index (χ2v) is 5.95. The number of carbonyl (C=O) groups is 1. The van der Waals surface area contributed by atoms with Crippen LogP contribution in [-0.4, -0.2) is 33.7 Å². The molecule has 1 saturated heterocycles. The predicted octanol–water partition coefficient (Wildman–Crippen LogP) is 1.44. The van der Waals surface area contributed by atoms with Gasteiger partial charge in [0.05, 0.1) is 21.8 Å². The van der Waals surface area contributed by atoms with Crippen molar-refractivity contribution in [2.24, 2.45) is 18.7 Å². The molecule has 1 aromatic heterocycles. The molecule has 1 amide bonds. The van der Waals surface area contributed by atoms with Gasteiger partial charge in [0.25, 0.3) is 0 Å². The molecule has 1 atom stereocenters. The predicted molar refractivity (Wildman–Crippen MR) is 77.5 cm³/mol. The highest BCUT2D eigenvalue weighted by Gasteiger charge is 2.25. The van der Waals surface area contributed by atoms with Crippen LogP contribution in [0.4, 0.5) is 0 Å². The van der Waals surface area contributed by atoms with E-state index in [0.717, 1.165) is 49.1 Å². The van der Waals surface area contributed by atoms with Crippen molar-refractivity contribution < 1.29 is 4.79 Å². The molecule has 0 aliphatic carbocycles. The van der Waals surface area contributed by atoms with Crippen LogP contribution in [0.5, 0.6) is 0 Å². The molecule has 2 N–H and O–H groups in total. The van der Waals surface area contributed by atoms with Crippen LogP contribution in [0.25, 0.3) is 0 Å². The maximum absolute atomic E-state index is 11.3. The van der Waals surface area contributed by atoms with E-state index in [2.05, 4.69) is 32.9 Å². The Morgan fingerprint density at radius 1 is 1.58 bits per heavy atom. The fourth-order valence-corrected chi connectivity index (χ4v) is 3.38. The molecule has 5 nitrogen and oxygen atoms in total. The summed E-state index contributed by atoms with van der Waals surface area (Å²) in [5, 5.41) is 4.50. The maximum Gasteiger partial charge on any atom is 0.221 e. The fourth-order valence-electron chi connectivity index (χ4n) is 2.63. The van der Waals surface area contributed by atoms with E-state index in [0.29, 0.717) is 0 Å². The number of nitrogens with two attached hydrogens (primary N) is 1. The summed E-state index contributed by atoms with van der Waals surface area (Å²) in [5.41, 5.74) is 7.67. The first kappa shape index (κ1) is 14.5. The molecule has 1 aliphatic heterocycles. The molecule has 0 bridgehead atoms. The number of primary amides is 1. The second kappa shape index (κ2) is 6.05. The zero-order valence-corrected chi connectivity index (χ0v) is 13.1. The van der Waals surface area contributed by atoms with E-state index in [1.165, 1.54) is 5.69 Å². The zero-order chi connectivity index (χ0) is 14.0. The van der Waals surface area contributed by atoms with Gasteiger partial charge in [-0.15, -0.1) is 0 Å². The number of piperidine rings is 1. The molecule has 106 valence electrons. The van der Waals surface area contributed by atoms with E-state index < -0.39 is 0 Å². The van der Waals surface area contributed by atoms with Crippen molar-refractivity contribution in [2.45, 2.75) is 32.7 Å². The Bertz CT molecular complexity index is 471. The fraction of sp³-hybridized carbons (Fsp3) is 0.692. The van der Waals surface area contributed by atoms with Crippen molar-refractivity contribution >= 4 is 21.8 Å². The first-order valence-corrected chi connectivity index (χ1v) is 7.54. The Labute approximate surface area is 122 Å². The largest absolute Gasteiger partial charge is 0.369 e. The molecule has 6 heteroatoms. The molecule has 0 saturated carbocycles. The van der Waals surface area contributed by atoms with E-state index >= 15 is 0 Å². The van der Waals surface area contributed by atoms with Crippen LogP contribution < -0.4 is 5.73 Å². The molecule has 2 rings (SSSR count). The van der Waals surface area contributed by atoms with Gasteiger partial charge in [-0.3, -0.25) is 14.4 Å². The number of likely N-dealkylation sites (tertiary alicyclic amines) is 1. The lowest BCUT2D eigenvalue weighted by atomic mass is 9.97. The summed E-state index contributed by atoms with van der Waals surface area (Å²) in [6, 6.07) is 0. The number of aryl methyl sites for hydroxylation is 2. The van der Waals surface area contributed by atoms with Crippen LogP contribution in [0.15, 0.2) is 4.47 Å². The van der Waals surface area contributed by atoms with Gasteiger partial charge in [0, 0.05) is 20.1 Å². The van der Waals surface area contributed by atoms with Gasteiger partial charge in [-0.1, -0.05) is 6.92 Å². The third-order valence-corrected chi connectivity index (χ3v) is 4.70. The Morgan fingerprint density at radius 2 is 2.32 bits per heavy atom. The quantitative estimate of drug-likeness (QED) is 0.909. The van der Waals surface area contributed by atoms with Gasteiger partial charge < -0.3 is 5.73 Å². The van der Waals surface area contributed by atoms with Crippen molar-refractivity contribution in [1.29, 1.82) is 0 Å². The average molecular weight is 329 g/mol. The first-order valence-electron chi connectivity index (χ1n) is 6.74. The van der Waals surface area contributed by atoms with Crippen LogP contribution in [0, 0.1) is 5.92 Å². The van der Waals surface area contributed by atoms with Gasteiger partial charge in [0.2, 0.25) is 5.91 Å². The Hall–Kier alpha value is -0.880. The summed E-state index contributed by atoms with van der Waals surface area (Å²) < 4.78 is 3.02. The standard InChI is InChI=1S/C13H21BrN4O/c1-3-10-12(14)11(17(2)16-10)8-18-6-4-5-9(7-18)13(15)19/h9H,3-8H2,1-2H3,(H2,15,19). The zero-order valence-electron chi connectivity index (χ0n) is 11.5. The van der Waals surface area contributed by atoms with E-state index in [1.54, 1.807) is 0 Å². The molecule has 2 heterocycles. The van der Waals surface area contributed by atoms with Crippen molar-refractivity contribution in [1.82, 2.24) is 14.7 Å². The van der Waals surface area contributed by atoms with Gasteiger partial charge in [-0.25, -0.2) is 0 Å². The normalized spacial score (nSPS) is 20.7. The number of carbonyl (C=O) groups excluding carboxylic acids is 1. The highest BCUT2D eigenvalue weighted by molar-refractivity contribution is 9.10. The highest BCUT2D eigenvalue weighted by Crippen LogP contribution is 2.25. The summed E-state index contributed by atoms with van der Waals surface area (Å²) in [7, 11) is 1.97. The van der Waals surface area contributed by atoms with Crippen LogP contribution in [0.2, 0.25) is 0 Å². The lowest BCUT2D eigenvalue weighted by Gasteiger charge is -2.31. The SMILES string of the molecule is CCc1nn(C)c(CN2CCCC(C(N)=O)C2)c1Br. The van der Waals surface area contributed by atoms with E-state index in [-0.39, 0.29) is 11.8 Å². The number of amides is 1. The number of halogens is 1. The molecule has 0 spiro atoms. The molecule has 1 aliphatic rings. The molecule has 0 aromatic carbocycles. The Balaban J connectivity index is 2.08. The number of hydrogen-bond donors (Lipinski definition) is 1. The number of nitrogens with zero attached hydrogens (tertiary/aromatic N) is 3. The molecule has 19 heavy (non-hydrogen) atoms. The summed E-state index contributed by atoms with van der Waals surface area (Å²) in [6.07, 6.45) is 2.86. The third kappa shape index (κ3) is 3.17. The average Bonchev–Trinajstić information content (AvgIpc) is 2.66. The Morgan fingerprint density at radius 3 is 2.89 bits per heavy atom. The van der Waals surface area contributed by atoms with Crippen molar-refractivity contribution in [2.75, 3.05) is 13.1 Å². The van der Waals surface area contributed by atoms with Gasteiger partial charge in [-0.05, 0) is 41.7 Å². The molecular weight excluding hydrogens is 308 g/mol. The first-order chi connectivity index (χ1) is 9.02. The van der Waals surface area contributed by atoms with Crippen LogP contribution in [-0.2, 0) is 24.8 Å². The number of hydrogen-bond acceptors (Lipinski definition) is 3. The molecule has 1 unspecified atom stereocenters. The smallest absolute Gasteiger partial charge is 0.221 e. The summed E-state index contributed by atoms with van der Waals surface area (Å²) in [5.74, 6) is -0.186. The second-order valence-electron chi connectivity index (χ2n) is 5.16. The minimum absolute atomic E-state index is 0.00796. The van der Waals surface area contributed by atoms with Crippen molar-refractivity contribution in [3.63, 3.8) is 0 Å². The Kier molecular flexibility index (Phi) is 4.62. The summed E-state index contributed by atoms with van der Waals surface area (Å²) >= 11 is 3.63. The van der Waals surface area contributed by atoms with E-state index in [1.807, 2.05) is 11.7 Å². The third-order valence-electron chi connectivity index (χ3n) is 3.78. The van der Waals surface area contributed by atoms with Crippen molar-refractivity contribution in [3.05, 3.63) is 15.9 Å². The summed E-state index contributed by atoms with van der Waals surface area (Å²) in [6.45, 7) is 4.69. The van der Waals surface area contributed by atoms with Gasteiger partial charge in [0.15, 0.2) is 0 Å². The maximum atomic E-state index is 11.3. The topological polar surface area (TPSA) is 64.2 Å². The molecule has 1 fully saturated rings. The highest BCUT2D eigenvalue weighted by atomic mass is 79.9. The molecule has 1 aromatic rings. The minimum atomic E-state index is -0.178. The van der Waals surface area contributed by atoms with Gasteiger partial charge in [-0.2, -0.15) is 5.10 Å². The summed E-state index contributed by atoms with van der Waals surface area (Å²) in [4.78, 5) is 13.6. The van der Waals surface area contributed by atoms with E-state index in [9.17, 15) is 4.79 Å². The van der Waals surface area contributed by atoms with E-state index in [4.69, 9.17) is 5.73 Å². The number of rotatable bonds is 4. The van der Waals surface area contributed by atoms with Gasteiger partial charge >= 0.3 is 0 Å². The van der Waals surface area contributed by atoms with Gasteiger partial charge in [0.1, 0.15) is 0 Å².